The zero-order chi connectivity index (χ0) is 12.2. The quantitative estimate of drug-likeness (QED) is 0.660. The van der Waals surface area contributed by atoms with Gasteiger partial charge in [0.15, 0.2) is 5.79 Å². The van der Waals surface area contributed by atoms with E-state index in [0.29, 0.717) is 0 Å². The monoisotopic (exact) mass is 251 g/mol. The second-order valence-electron chi connectivity index (χ2n) is 6.93. The third-order valence-corrected chi connectivity index (χ3v) is 5.60. The third-order valence-electron chi connectivity index (χ3n) is 5.60. The minimum atomic E-state index is -0.204. The van der Waals surface area contributed by atoms with Crippen LogP contribution < -0.4 is 0 Å². The Morgan fingerprint density at radius 2 is 1.61 bits per heavy atom. The summed E-state index contributed by atoms with van der Waals surface area (Å²) in [6.45, 7) is 4.04. The van der Waals surface area contributed by atoms with Gasteiger partial charge >= 0.3 is 0 Å². The lowest BCUT2D eigenvalue weighted by Crippen LogP contribution is -2.63. The molecular weight excluding hydrogens is 226 g/mol. The highest BCUT2D eigenvalue weighted by atomic mass is 16.7. The van der Waals surface area contributed by atoms with Gasteiger partial charge < -0.3 is 9.47 Å². The first kappa shape index (κ1) is 11.7. The highest BCUT2D eigenvalue weighted by Gasteiger charge is 2.52. The lowest BCUT2D eigenvalue weighted by Gasteiger charge is -2.57. The molecule has 0 amide bonds. The lowest BCUT2D eigenvalue weighted by atomic mass is 9.74. The number of piperidine rings is 3. The minimum Gasteiger partial charge on any atom is -0.347 e. The van der Waals surface area contributed by atoms with Crippen molar-refractivity contribution in [1.82, 2.24) is 4.90 Å². The first-order valence-corrected chi connectivity index (χ1v) is 7.81. The van der Waals surface area contributed by atoms with Crippen molar-refractivity contribution in [2.45, 2.75) is 75.8 Å². The van der Waals surface area contributed by atoms with Crippen LogP contribution in [0.2, 0.25) is 0 Å². The van der Waals surface area contributed by atoms with Gasteiger partial charge in [-0.2, -0.15) is 0 Å². The van der Waals surface area contributed by atoms with Gasteiger partial charge in [0.1, 0.15) is 0 Å². The van der Waals surface area contributed by atoms with E-state index in [1.807, 2.05) is 0 Å². The Kier molecular flexibility index (Phi) is 2.72. The molecule has 0 saturated carbocycles. The van der Waals surface area contributed by atoms with Gasteiger partial charge in [0.05, 0.1) is 13.2 Å². The van der Waals surface area contributed by atoms with Gasteiger partial charge in [0.2, 0.25) is 0 Å². The fourth-order valence-corrected chi connectivity index (χ4v) is 5.10. The molecule has 4 rings (SSSR count). The van der Waals surface area contributed by atoms with Crippen molar-refractivity contribution in [2.75, 3.05) is 13.2 Å². The zero-order valence-corrected chi connectivity index (χ0v) is 11.4. The Morgan fingerprint density at radius 1 is 0.944 bits per heavy atom. The van der Waals surface area contributed by atoms with Crippen molar-refractivity contribution in [3.05, 3.63) is 0 Å². The zero-order valence-electron chi connectivity index (χ0n) is 11.4. The van der Waals surface area contributed by atoms with Crippen molar-refractivity contribution in [3.63, 3.8) is 0 Å². The van der Waals surface area contributed by atoms with Crippen molar-refractivity contribution in [2.24, 2.45) is 5.92 Å². The lowest BCUT2D eigenvalue weighted by molar-refractivity contribution is -0.226. The number of ether oxygens (including phenoxy) is 2. The van der Waals surface area contributed by atoms with E-state index in [1.165, 1.54) is 32.1 Å². The van der Waals surface area contributed by atoms with E-state index in [9.17, 15) is 0 Å². The summed E-state index contributed by atoms with van der Waals surface area (Å²) in [5.74, 6) is 0.677. The highest BCUT2D eigenvalue weighted by Crippen LogP contribution is 2.47. The van der Waals surface area contributed by atoms with Crippen LogP contribution in [-0.2, 0) is 9.47 Å². The first-order chi connectivity index (χ1) is 8.76. The molecule has 0 aliphatic carbocycles. The van der Waals surface area contributed by atoms with Gasteiger partial charge in [0.25, 0.3) is 0 Å². The molecule has 4 heterocycles. The Balaban J connectivity index is 1.61. The van der Waals surface area contributed by atoms with E-state index >= 15 is 0 Å². The predicted molar refractivity (Wildman–Crippen MR) is 69.3 cm³/mol. The molecule has 4 atom stereocenters. The molecule has 0 aromatic rings. The number of nitrogens with zero attached hydrogens (tertiary/aromatic N) is 1. The number of hydrogen-bond donors (Lipinski definition) is 0. The highest BCUT2D eigenvalue weighted by molar-refractivity contribution is 5.02. The van der Waals surface area contributed by atoms with Gasteiger partial charge in [0, 0.05) is 31.0 Å². The summed E-state index contributed by atoms with van der Waals surface area (Å²) >= 11 is 0. The topological polar surface area (TPSA) is 21.7 Å². The Morgan fingerprint density at radius 3 is 2.44 bits per heavy atom. The summed E-state index contributed by atoms with van der Waals surface area (Å²) < 4.78 is 12.0. The second kappa shape index (κ2) is 4.19. The summed E-state index contributed by atoms with van der Waals surface area (Å²) in [5, 5.41) is 0. The fraction of sp³-hybridized carbons (Fsp3) is 1.00. The van der Waals surface area contributed by atoms with E-state index in [4.69, 9.17) is 9.47 Å². The van der Waals surface area contributed by atoms with Crippen molar-refractivity contribution in [3.8, 4) is 0 Å². The Labute approximate surface area is 110 Å². The van der Waals surface area contributed by atoms with Crippen LogP contribution in [0.3, 0.4) is 0 Å². The molecular formula is C15H25NO2. The van der Waals surface area contributed by atoms with Crippen LogP contribution in [0.1, 0.15) is 51.9 Å². The van der Waals surface area contributed by atoms with Crippen molar-refractivity contribution >= 4 is 0 Å². The maximum atomic E-state index is 6.01. The number of rotatable bonds is 0. The van der Waals surface area contributed by atoms with E-state index < -0.39 is 0 Å². The van der Waals surface area contributed by atoms with Crippen molar-refractivity contribution in [1.29, 1.82) is 0 Å². The summed E-state index contributed by atoms with van der Waals surface area (Å²) in [6.07, 6.45) is 9.19. The van der Waals surface area contributed by atoms with E-state index in [2.05, 4.69) is 11.8 Å². The summed E-state index contributed by atoms with van der Waals surface area (Å²) in [7, 11) is 0. The van der Waals surface area contributed by atoms with Crippen LogP contribution in [0.5, 0.6) is 0 Å². The molecule has 1 spiro atoms. The second-order valence-corrected chi connectivity index (χ2v) is 6.93. The first-order valence-electron chi connectivity index (χ1n) is 7.81. The molecule has 4 saturated heterocycles. The van der Waals surface area contributed by atoms with E-state index in [-0.39, 0.29) is 5.79 Å². The van der Waals surface area contributed by atoms with Crippen LogP contribution >= 0.6 is 0 Å². The van der Waals surface area contributed by atoms with Crippen LogP contribution in [0.25, 0.3) is 0 Å². The van der Waals surface area contributed by atoms with E-state index in [1.54, 1.807) is 0 Å². The van der Waals surface area contributed by atoms with Gasteiger partial charge in [-0.25, -0.2) is 0 Å². The van der Waals surface area contributed by atoms with Crippen LogP contribution in [0, 0.1) is 5.92 Å². The van der Waals surface area contributed by atoms with Crippen LogP contribution in [0.4, 0.5) is 0 Å². The van der Waals surface area contributed by atoms with Gasteiger partial charge in [-0.1, -0.05) is 13.3 Å². The molecule has 4 aliphatic rings. The van der Waals surface area contributed by atoms with Crippen molar-refractivity contribution < 1.29 is 9.47 Å². The molecule has 0 aromatic heterocycles. The molecule has 0 radical (unpaired) electrons. The standard InChI is InChI=1S/C15H25NO2/c1-11-7-12-3-2-4-13-9-15(17-5-6-18-15)10-14(8-11)16(12)13/h11-14H,2-10H2,1H3/t11-,12+,13+,14-/m1/s1. The summed E-state index contributed by atoms with van der Waals surface area (Å²) in [4.78, 5) is 2.86. The molecule has 4 aliphatic heterocycles. The molecule has 102 valence electrons. The predicted octanol–water partition coefficient (Wildman–Crippen LogP) is 2.54. The molecule has 3 nitrogen and oxygen atoms in total. The average Bonchev–Trinajstić information content (AvgIpc) is 2.76. The molecule has 4 fully saturated rings. The van der Waals surface area contributed by atoms with Crippen LogP contribution in [0.15, 0.2) is 0 Å². The summed E-state index contributed by atoms with van der Waals surface area (Å²) in [6, 6.07) is 2.31. The molecule has 0 unspecified atom stereocenters. The van der Waals surface area contributed by atoms with Gasteiger partial charge in [-0.15, -0.1) is 0 Å². The molecule has 0 aromatic carbocycles. The number of hydrogen-bond acceptors (Lipinski definition) is 3. The molecule has 0 bridgehead atoms. The Bertz CT molecular complexity index is 326. The SMILES string of the molecule is C[C@H]1C[C@@H]2CC3(C[C@@H]4CCC[C@@H](C1)N24)OCCO3. The maximum absolute atomic E-state index is 6.01. The largest absolute Gasteiger partial charge is 0.347 e. The fourth-order valence-electron chi connectivity index (χ4n) is 5.10. The smallest absolute Gasteiger partial charge is 0.171 e. The summed E-state index contributed by atoms with van der Waals surface area (Å²) in [5.41, 5.74) is 0. The third kappa shape index (κ3) is 1.75. The van der Waals surface area contributed by atoms with Gasteiger partial charge in [-0.05, 0) is 31.6 Å². The maximum Gasteiger partial charge on any atom is 0.171 e. The Hall–Kier alpha value is -0.120. The average molecular weight is 251 g/mol. The van der Waals surface area contributed by atoms with Crippen LogP contribution in [-0.4, -0.2) is 42.0 Å². The molecule has 3 heteroatoms. The van der Waals surface area contributed by atoms with Gasteiger partial charge in [-0.3, -0.25) is 4.90 Å². The van der Waals surface area contributed by atoms with E-state index in [0.717, 1.165) is 50.1 Å². The molecule has 18 heavy (non-hydrogen) atoms. The minimum absolute atomic E-state index is 0.204. The normalized spacial score (nSPS) is 47.2. The molecule has 0 N–H and O–H groups in total.